The summed E-state index contributed by atoms with van der Waals surface area (Å²) in [6.07, 6.45) is 4.05. The van der Waals surface area contributed by atoms with Crippen LogP contribution in [-0.4, -0.2) is 48.9 Å². The number of nitrogens with zero attached hydrogens (tertiary/aromatic N) is 2. The molecule has 1 aliphatic carbocycles. The normalized spacial score (nSPS) is 16.1. The van der Waals surface area contributed by atoms with Crippen LogP contribution < -0.4 is 10.2 Å². The van der Waals surface area contributed by atoms with Crippen molar-refractivity contribution >= 4 is 56.4 Å². The Morgan fingerprint density at radius 2 is 1.81 bits per heavy atom. The van der Waals surface area contributed by atoms with Crippen LogP contribution in [0.15, 0.2) is 30.3 Å². The maximum atomic E-state index is 13.4. The number of ketones is 1. The third kappa shape index (κ3) is 3.89. The zero-order valence-electron chi connectivity index (χ0n) is 17.7. The Morgan fingerprint density at radius 1 is 1.09 bits per heavy atom. The van der Waals surface area contributed by atoms with E-state index < -0.39 is 0 Å². The van der Waals surface area contributed by atoms with Crippen molar-refractivity contribution in [1.82, 2.24) is 4.98 Å². The van der Waals surface area contributed by atoms with E-state index in [0.717, 1.165) is 54.8 Å². The van der Waals surface area contributed by atoms with Gasteiger partial charge in [-0.1, -0.05) is 30.3 Å². The highest BCUT2D eigenvalue weighted by atomic mass is 35.5. The van der Waals surface area contributed by atoms with Crippen molar-refractivity contribution in [2.75, 3.05) is 42.4 Å². The number of thiophene rings is 1. The predicted octanol–water partition coefficient (Wildman–Crippen LogP) is 4.42. The van der Waals surface area contributed by atoms with Crippen molar-refractivity contribution in [3.8, 4) is 0 Å². The molecule has 0 unspecified atom stereocenters. The molecule has 2 aliphatic rings. The monoisotopic (exact) mass is 469 g/mol. The Bertz CT molecular complexity index is 1170. The Morgan fingerprint density at radius 3 is 2.53 bits per heavy atom. The molecule has 0 atom stereocenters. The first kappa shape index (κ1) is 21.4. The first-order chi connectivity index (χ1) is 15.7. The molecule has 1 N–H and O–H groups in total. The smallest absolute Gasteiger partial charge is 0.239 e. The molecule has 3 heterocycles. The van der Waals surface area contributed by atoms with Crippen LogP contribution in [0.3, 0.4) is 0 Å². The molecule has 0 spiro atoms. The number of halogens is 1. The minimum atomic E-state index is -0.324. The second kappa shape index (κ2) is 9.17. The summed E-state index contributed by atoms with van der Waals surface area (Å²) >= 11 is 7.17. The van der Waals surface area contributed by atoms with Crippen LogP contribution in [0.1, 0.15) is 39.2 Å². The van der Waals surface area contributed by atoms with Crippen LogP contribution in [-0.2, 0) is 22.4 Å². The van der Waals surface area contributed by atoms with Crippen molar-refractivity contribution < 1.29 is 14.3 Å². The lowest BCUT2D eigenvalue weighted by Crippen LogP contribution is -2.37. The Labute approximate surface area is 195 Å². The first-order valence-electron chi connectivity index (χ1n) is 10.9. The zero-order valence-corrected chi connectivity index (χ0v) is 19.2. The number of carbonyl (C=O) groups is 2. The maximum Gasteiger partial charge on any atom is 0.239 e. The first-order valence-corrected chi connectivity index (χ1v) is 12.3. The van der Waals surface area contributed by atoms with Gasteiger partial charge in [0.05, 0.1) is 18.9 Å². The van der Waals surface area contributed by atoms with Gasteiger partial charge in [-0.05, 0) is 36.8 Å². The number of aromatic nitrogens is 1. The average molecular weight is 470 g/mol. The lowest BCUT2D eigenvalue weighted by atomic mass is 9.89. The van der Waals surface area contributed by atoms with E-state index in [4.69, 9.17) is 21.3 Å². The van der Waals surface area contributed by atoms with Gasteiger partial charge in [-0.3, -0.25) is 9.59 Å². The molecule has 1 fully saturated rings. The highest BCUT2D eigenvalue weighted by molar-refractivity contribution is 7.21. The van der Waals surface area contributed by atoms with Gasteiger partial charge >= 0.3 is 0 Å². The number of alkyl halides is 1. The largest absolute Gasteiger partial charge is 0.378 e. The van der Waals surface area contributed by atoms with Crippen LogP contribution in [0, 0.1) is 0 Å². The SMILES string of the molecule is O=C(CCl)Nc1c(C(=O)c2ccccc2)sc2nc(N3CCOCC3)c3c(c12)CCCC3. The van der Waals surface area contributed by atoms with Gasteiger partial charge in [0.2, 0.25) is 11.7 Å². The number of ether oxygens (including phenoxy) is 1. The molecule has 2 aromatic heterocycles. The molecule has 3 aromatic rings. The van der Waals surface area contributed by atoms with E-state index >= 15 is 0 Å². The Hall–Kier alpha value is -2.48. The lowest BCUT2D eigenvalue weighted by molar-refractivity contribution is -0.113. The molecule has 8 heteroatoms. The average Bonchev–Trinajstić information content (AvgIpc) is 3.22. The van der Waals surface area contributed by atoms with Crippen molar-refractivity contribution in [3.05, 3.63) is 51.9 Å². The number of amides is 1. The number of carbonyl (C=O) groups excluding carboxylic acids is 2. The molecule has 1 amide bonds. The van der Waals surface area contributed by atoms with Gasteiger partial charge in [0.25, 0.3) is 0 Å². The van der Waals surface area contributed by atoms with E-state index in [1.807, 2.05) is 18.2 Å². The van der Waals surface area contributed by atoms with Gasteiger partial charge in [-0.25, -0.2) is 4.98 Å². The number of fused-ring (bicyclic) bond motifs is 3. The second-order valence-electron chi connectivity index (χ2n) is 8.06. The minimum Gasteiger partial charge on any atom is -0.378 e. The summed E-state index contributed by atoms with van der Waals surface area (Å²) < 4.78 is 5.54. The minimum absolute atomic E-state index is 0.115. The van der Waals surface area contributed by atoms with Crippen molar-refractivity contribution in [2.45, 2.75) is 25.7 Å². The fraction of sp³-hybridized carbons (Fsp3) is 0.375. The van der Waals surface area contributed by atoms with Gasteiger partial charge in [-0.15, -0.1) is 22.9 Å². The number of morpholine rings is 1. The molecule has 166 valence electrons. The fourth-order valence-electron chi connectivity index (χ4n) is 4.58. The highest BCUT2D eigenvalue weighted by Crippen LogP contribution is 2.44. The molecular weight excluding hydrogens is 446 g/mol. The summed E-state index contributed by atoms with van der Waals surface area (Å²) in [5, 5.41) is 3.83. The Kier molecular flexibility index (Phi) is 6.13. The van der Waals surface area contributed by atoms with E-state index in [9.17, 15) is 9.59 Å². The summed E-state index contributed by atoms with van der Waals surface area (Å²) in [7, 11) is 0. The molecule has 0 bridgehead atoms. The van der Waals surface area contributed by atoms with Crippen molar-refractivity contribution in [3.63, 3.8) is 0 Å². The summed E-state index contributed by atoms with van der Waals surface area (Å²) in [6, 6.07) is 9.15. The third-order valence-corrected chi connectivity index (χ3v) is 7.40. The molecule has 32 heavy (non-hydrogen) atoms. The van der Waals surface area contributed by atoms with Crippen LogP contribution in [0.25, 0.3) is 10.2 Å². The summed E-state index contributed by atoms with van der Waals surface area (Å²) in [4.78, 5) is 34.4. The highest BCUT2D eigenvalue weighted by Gasteiger charge is 2.29. The molecule has 1 aromatic carbocycles. The molecule has 0 radical (unpaired) electrons. The quantitative estimate of drug-likeness (QED) is 0.442. The van der Waals surface area contributed by atoms with Gasteiger partial charge in [-0.2, -0.15) is 0 Å². The summed E-state index contributed by atoms with van der Waals surface area (Å²) in [5.41, 5.74) is 3.59. The van der Waals surface area contributed by atoms with Crippen molar-refractivity contribution in [1.29, 1.82) is 0 Å². The van der Waals surface area contributed by atoms with E-state index in [2.05, 4.69) is 10.2 Å². The second-order valence-corrected chi connectivity index (χ2v) is 9.33. The van der Waals surface area contributed by atoms with Crippen LogP contribution in [0.5, 0.6) is 0 Å². The molecule has 5 rings (SSSR count). The third-order valence-electron chi connectivity index (χ3n) is 6.08. The Balaban J connectivity index is 1.72. The topological polar surface area (TPSA) is 71.5 Å². The maximum absolute atomic E-state index is 13.4. The van der Waals surface area contributed by atoms with Crippen molar-refractivity contribution in [2.24, 2.45) is 0 Å². The standard InChI is InChI=1S/C24H24ClN3O3S/c25-14-18(29)26-20-19-16-8-4-5-9-17(16)23(28-10-12-31-13-11-28)27-24(19)32-22(20)21(30)15-6-2-1-3-7-15/h1-3,6-7H,4-5,8-14H2,(H,26,29). The lowest BCUT2D eigenvalue weighted by Gasteiger charge is -2.31. The van der Waals surface area contributed by atoms with E-state index in [1.54, 1.807) is 12.1 Å². The predicted molar refractivity (Wildman–Crippen MR) is 129 cm³/mol. The number of anilines is 2. The van der Waals surface area contributed by atoms with Gasteiger partial charge in [0.1, 0.15) is 21.4 Å². The van der Waals surface area contributed by atoms with Crippen LogP contribution in [0.2, 0.25) is 0 Å². The number of aryl methyl sites for hydroxylation is 1. The number of benzene rings is 1. The van der Waals surface area contributed by atoms with Gasteiger partial charge < -0.3 is 15.0 Å². The summed E-state index contributed by atoms with van der Waals surface area (Å²) in [6.45, 7) is 2.99. The van der Waals surface area contributed by atoms with E-state index in [-0.39, 0.29) is 17.6 Å². The summed E-state index contributed by atoms with van der Waals surface area (Å²) in [5.74, 6) is 0.398. The number of hydrogen-bond acceptors (Lipinski definition) is 6. The molecule has 1 aliphatic heterocycles. The number of rotatable bonds is 5. The molecule has 6 nitrogen and oxygen atoms in total. The number of nitrogens with one attached hydrogen (secondary N) is 1. The van der Waals surface area contributed by atoms with Gasteiger partial charge in [0, 0.05) is 24.0 Å². The molecule has 0 saturated carbocycles. The number of hydrogen-bond donors (Lipinski definition) is 1. The van der Waals surface area contributed by atoms with Crippen LogP contribution >= 0.6 is 22.9 Å². The molecular formula is C24H24ClN3O3S. The fourth-order valence-corrected chi connectivity index (χ4v) is 5.76. The van der Waals surface area contributed by atoms with Crippen LogP contribution in [0.4, 0.5) is 11.5 Å². The number of pyridine rings is 1. The van der Waals surface area contributed by atoms with E-state index in [1.165, 1.54) is 22.5 Å². The molecule has 1 saturated heterocycles. The zero-order chi connectivity index (χ0) is 22.1. The van der Waals surface area contributed by atoms with Gasteiger partial charge in [0.15, 0.2) is 0 Å². The van der Waals surface area contributed by atoms with E-state index in [0.29, 0.717) is 29.3 Å².